The van der Waals surface area contributed by atoms with Crippen LogP contribution in [0.5, 0.6) is 0 Å². The first kappa shape index (κ1) is 18.4. The summed E-state index contributed by atoms with van der Waals surface area (Å²) < 4.78 is 38.5. The van der Waals surface area contributed by atoms with Gasteiger partial charge in [0.25, 0.3) is 0 Å². The molecular weight excluding hydrogens is 426 g/mol. The number of ether oxygens (including phenoxy) is 1. The predicted molar refractivity (Wildman–Crippen MR) is 134 cm³/mol. The van der Waals surface area contributed by atoms with Crippen molar-refractivity contribution in [1.82, 2.24) is 4.98 Å². The van der Waals surface area contributed by atoms with Gasteiger partial charge >= 0.3 is 5.97 Å². The molecule has 0 radical (unpaired) electrons. The molecule has 0 aliphatic heterocycles. The highest BCUT2D eigenvalue weighted by molar-refractivity contribution is 5.98. The molecule has 34 heavy (non-hydrogen) atoms. The highest BCUT2D eigenvalue weighted by Gasteiger charge is 2.19. The topological polar surface area (TPSA) is 94.3 Å². The summed E-state index contributed by atoms with van der Waals surface area (Å²) in [7, 11) is 0. The Kier molecular flexibility index (Phi) is 5.56. The van der Waals surface area contributed by atoms with Gasteiger partial charge in [0.05, 0.1) is 15.6 Å². The zero-order valence-electron chi connectivity index (χ0n) is 22.9. The van der Waals surface area contributed by atoms with Crippen molar-refractivity contribution >= 4 is 28.3 Å². The van der Waals surface area contributed by atoms with Crippen LogP contribution in [0.4, 0.5) is 5.69 Å². The molecule has 4 rings (SSSR count). The number of benzene rings is 3. The van der Waals surface area contributed by atoms with Crippen molar-refractivity contribution in [2.24, 2.45) is 5.73 Å². The van der Waals surface area contributed by atoms with E-state index in [4.69, 9.17) is 16.0 Å². The van der Waals surface area contributed by atoms with E-state index in [2.05, 4.69) is 10.3 Å². The minimum Gasteiger partial charge on any atom is -0.457 e. The van der Waals surface area contributed by atoms with Gasteiger partial charge in [-0.3, -0.25) is 9.78 Å². The molecule has 0 fully saturated rings. The van der Waals surface area contributed by atoms with Crippen LogP contribution in [-0.4, -0.2) is 23.4 Å². The largest absolute Gasteiger partial charge is 0.457 e. The lowest BCUT2D eigenvalue weighted by molar-refractivity contribution is -0.117. The van der Waals surface area contributed by atoms with Crippen molar-refractivity contribution < 1.29 is 19.8 Å². The Hall–Kier alpha value is -4.03. The molecule has 0 saturated heterocycles. The number of anilines is 1. The predicted octanol–water partition coefficient (Wildman–Crippen LogP) is 4.89. The maximum Gasteiger partial charge on any atom is 0.338 e. The van der Waals surface area contributed by atoms with Crippen molar-refractivity contribution in [3.63, 3.8) is 0 Å². The Labute approximate surface area is 204 Å². The van der Waals surface area contributed by atoms with Gasteiger partial charge in [-0.1, -0.05) is 48.0 Å². The van der Waals surface area contributed by atoms with Crippen LogP contribution in [0.25, 0.3) is 10.8 Å². The number of rotatable bonds is 7. The standard InChI is InChI=1S/C28H27N3O3/c1-18-3-10-25(19(2)13-18)28(33)34-17-20-4-6-21(7-5-20)26(15-29)27(32)31-24-9-8-23-16-30-12-11-22(23)14-24/h3-14,16,26H,15,17,29H2,1-2H3,(H,31,32)/t26-/m1/s1/i16D,17D2,26D. The molecule has 3 N–H and O–H groups in total. The van der Waals surface area contributed by atoms with E-state index in [-0.39, 0.29) is 29.4 Å². The van der Waals surface area contributed by atoms with Gasteiger partial charge in [0.2, 0.25) is 5.91 Å². The van der Waals surface area contributed by atoms with Crippen LogP contribution in [0, 0.1) is 13.8 Å². The molecule has 0 aliphatic rings. The lowest BCUT2D eigenvalue weighted by atomic mass is 9.97. The minimum absolute atomic E-state index is 0.0495. The van der Waals surface area contributed by atoms with Crippen molar-refractivity contribution in [2.75, 3.05) is 11.9 Å². The van der Waals surface area contributed by atoms with E-state index in [0.29, 0.717) is 22.0 Å². The van der Waals surface area contributed by atoms with Crippen LogP contribution in [0.15, 0.2) is 79.1 Å². The van der Waals surface area contributed by atoms with Gasteiger partial charge in [-0.15, -0.1) is 0 Å². The molecule has 1 atom stereocenters. The van der Waals surface area contributed by atoms with Crippen molar-refractivity contribution in [3.8, 4) is 0 Å². The Balaban J connectivity index is 1.53. The first-order chi connectivity index (χ1) is 17.9. The minimum atomic E-state index is -2.45. The van der Waals surface area contributed by atoms with Crippen molar-refractivity contribution in [3.05, 3.63) is 107 Å². The average molecular weight is 458 g/mol. The van der Waals surface area contributed by atoms with Gasteiger partial charge in [-0.05, 0) is 60.2 Å². The Bertz CT molecular complexity index is 1530. The van der Waals surface area contributed by atoms with Crippen LogP contribution in [0.1, 0.15) is 44.0 Å². The lowest BCUT2D eigenvalue weighted by Gasteiger charge is -2.16. The maximum atomic E-state index is 13.1. The highest BCUT2D eigenvalue weighted by Crippen LogP contribution is 2.22. The second-order valence-electron chi connectivity index (χ2n) is 7.88. The summed E-state index contributed by atoms with van der Waals surface area (Å²) in [5, 5.41) is 4.06. The van der Waals surface area contributed by atoms with Crippen LogP contribution in [0.3, 0.4) is 0 Å². The summed E-state index contributed by atoms with van der Waals surface area (Å²) in [6, 6.07) is 17.5. The lowest BCUT2D eigenvalue weighted by Crippen LogP contribution is -2.27. The van der Waals surface area contributed by atoms with Gasteiger partial charge in [-0.2, -0.15) is 0 Å². The fourth-order valence-corrected chi connectivity index (χ4v) is 3.60. The normalized spacial score (nSPS) is 14.8. The fraction of sp³-hybridized carbons (Fsp3) is 0.179. The van der Waals surface area contributed by atoms with E-state index in [1.165, 1.54) is 30.5 Å². The highest BCUT2D eigenvalue weighted by atomic mass is 16.5. The average Bonchev–Trinajstić information content (AvgIpc) is 2.88. The molecule has 0 bridgehead atoms. The summed E-state index contributed by atoms with van der Waals surface area (Å²) in [6.07, 6.45) is 1.63. The Morgan fingerprint density at radius 3 is 2.62 bits per heavy atom. The third-order valence-electron chi connectivity index (χ3n) is 5.40. The molecule has 3 aromatic carbocycles. The number of hydrogen-bond donors (Lipinski definition) is 2. The van der Waals surface area contributed by atoms with Crippen LogP contribution in [-0.2, 0) is 16.1 Å². The van der Waals surface area contributed by atoms with Crippen LogP contribution in [0.2, 0.25) is 0 Å². The molecule has 6 nitrogen and oxygen atoms in total. The molecule has 1 aromatic heterocycles. The van der Waals surface area contributed by atoms with Gasteiger partial charge in [0, 0.05) is 31.4 Å². The number of fused-ring (bicyclic) bond motifs is 1. The fourth-order valence-electron chi connectivity index (χ4n) is 3.60. The Morgan fingerprint density at radius 2 is 1.88 bits per heavy atom. The summed E-state index contributed by atoms with van der Waals surface area (Å²) >= 11 is 0. The zero-order valence-corrected chi connectivity index (χ0v) is 18.9. The SMILES string of the molecule is [2H]c1nccc2cc(NC(=O)[C@]([2H])(CN)c3ccc(C([2H])([2H])OC(=O)c4ccc(C)cc4C)cc3)ccc12. The molecule has 4 aromatic rings. The van der Waals surface area contributed by atoms with Crippen LogP contribution < -0.4 is 11.1 Å². The monoisotopic (exact) mass is 457 g/mol. The molecule has 6 heteroatoms. The number of hydrogen-bond acceptors (Lipinski definition) is 5. The zero-order chi connectivity index (χ0) is 27.7. The summed E-state index contributed by atoms with van der Waals surface area (Å²) in [4.78, 5) is 29.7. The molecule has 1 amide bonds. The molecule has 0 spiro atoms. The first-order valence-electron chi connectivity index (χ1n) is 12.7. The molecule has 172 valence electrons. The number of nitrogens with one attached hydrogen (secondary N) is 1. The van der Waals surface area contributed by atoms with Gasteiger partial charge in [0.1, 0.15) is 6.56 Å². The maximum absolute atomic E-state index is 13.1. The van der Waals surface area contributed by atoms with E-state index in [1.807, 2.05) is 13.0 Å². The number of nitrogens with two attached hydrogens (primary N) is 1. The van der Waals surface area contributed by atoms with E-state index in [0.717, 1.165) is 5.56 Å². The quantitative estimate of drug-likeness (QED) is 0.385. The van der Waals surface area contributed by atoms with E-state index < -0.39 is 24.3 Å². The van der Waals surface area contributed by atoms with Crippen molar-refractivity contribution in [1.29, 1.82) is 0 Å². The Morgan fingerprint density at radius 1 is 1.09 bits per heavy atom. The number of esters is 1. The number of pyridine rings is 1. The van der Waals surface area contributed by atoms with Gasteiger partial charge < -0.3 is 15.8 Å². The van der Waals surface area contributed by atoms with Gasteiger partial charge in [-0.25, -0.2) is 4.79 Å². The third-order valence-corrected chi connectivity index (χ3v) is 5.40. The number of carbonyl (C=O) groups excluding carboxylic acids is 2. The molecular formula is C28H27N3O3. The van der Waals surface area contributed by atoms with E-state index in [1.54, 1.807) is 43.3 Å². The smallest absolute Gasteiger partial charge is 0.338 e. The summed E-state index contributed by atoms with van der Waals surface area (Å²) in [5.41, 5.74) is 8.51. The first-order valence-corrected chi connectivity index (χ1v) is 10.7. The van der Waals surface area contributed by atoms with E-state index >= 15 is 0 Å². The second kappa shape index (κ2) is 10.3. The molecule has 1 heterocycles. The van der Waals surface area contributed by atoms with Crippen LogP contribution >= 0.6 is 0 Å². The number of aromatic nitrogens is 1. The van der Waals surface area contributed by atoms with Gasteiger partial charge in [0.15, 0.2) is 0 Å². The number of aryl methyl sites for hydroxylation is 2. The second-order valence-corrected chi connectivity index (χ2v) is 7.88. The summed E-state index contributed by atoms with van der Waals surface area (Å²) in [6.45, 7) is 0.867. The molecule has 0 saturated carbocycles. The number of amides is 1. The van der Waals surface area contributed by atoms with E-state index in [9.17, 15) is 9.59 Å². The van der Waals surface area contributed by atoms with Crippen molar-refractivity contribution in [2.45, 2.75) is 26.3 Å². The number of carbonyl (C=O) groups is 2. The summed E-state index contributed by atoms with van der Waals surface area (Å²) in [5.74, 6) is -3.33. The molecule has 0 aliphatic carbocycles. The number of nitrogens with zero attached hydrogens (tertiary/aromatic N) is 1. The molecule has 0 unspecified atom stereocenters. The third kappa shape index (κ3) is 5.30.